The van der Waals surface area contributed by atoms with Crippen LogP contribution in [0.1, 0.15) is 71.9 Å². The standard InChI is InChI=1S/C29H40FN5O3Si/c1-6-18(2)34(14-25-23(30)11-20(13-32-25)19-7-8-19)29(36)26-12-24-27(21-15-38-16-22(21)28(31)33-24)35(26)17-37-9-10-39(3,4)5/h11-13,18-19H,6-10,14-17H2,1-5H3,(H2,31,33)/t18-/m1/s1. The summed E-state index contributed by atoms with van der Waals surface area (Å²) >= 11 is 0. The highest BCUT2D eigenvalue weighted by Gasteiger charge is 2.31. The van der Waals surface area contributed by atoms with Crippen LogP contribution in [0.25, 0.3) is 11.0 Å². The molecule has 0 unspecified atom stereocenters. The lowest BCUT2D eigenvalue weighted by molar-refractivity contribution is 0.0607. The summed E-state index contributed by atoms with van der Waals surface area (Å²) in [6.45, 7) is 12.6. The van der Waals surface area contributed by atoms with Gasteiger partial charge in [0.2, 0.25) is 0 Å². The number of halogens is 1. The van der Waals surface area contributed by atoms with Crippen molar-refractivity contribution in [3.8, 4) is 0 Å². The van der Waals surface area contributed by atoms with Crippen LogP contribution in [-0.4, -0.2) is 46.1 Å². The van der Waals surface area contributed by atoms with Crippen LogP contribution in [-0.2, 0) is 36.0 Å². The summed E-state index contributed by atoms with van der Waals surface area (Å²) in [5.74, 6) is 0.261. The molecule has 3 aromatic heterocycles. The Labute approximate surface area is 230 Å². The largest absolute Gasteiger partial charge is 0.383 e. The van der Waals surface area contributed by atoms with Crippen molar-refractivity contribution < 1.29 is 18.7 Å². The number of hydrogen-bond donors (Lipinski definition) is 1. The van der Waals surface area contributed by atoms with Crippen molar-refractivity contribution >= 4 is 30.8 Å². The lowest BCUT2D eigenvalue weighted by atomic mass is 10.1. The smallest absolute Gasteiger partial charge is 0.271 e. The Morgan fingerprint density at radius 3 is 2.69 bits per heavy atom. The van der Waals surface area contributed by atoms with Crippen molar-refractivity contribution in [1.29, 1.82) is 0 Å². The fourth-order valence-corrected chi connectivity index (χ4v) is 5.80. The molecule has 0 saturated heterocycles. The van der Waals surface area contributed by atoms with Crippen LogP contribution in [0, 0.1) is 5.82 Å². The quantitative estimate of drug-likeness (QED) is 0.238. The molecule has 8 nitrogen and oxygen atoms in total. The van der Waals surface area contributed by atoms with Crippen molar-refractivity contribution in [2.75, 3.05) is 12.3 Å². The molecular formula is C29H40FN5O3Si. The Morgan fingerprint density at radius 2 is 2.03 bits per heavy atom. The van der Waals surface area contributed by atoms with Crippen LogP contribution < -0.4 is 5.73 Å². The van der Waals surface area contributed by atoms with Gasteiger partial charge in [0.1, 0.15) is 24.1 Å². The zero-order valence-electron chi connectivity index (χ0n) is 23.7. The van der Waals surface area contributed by atoms with Gasteiger partial charge in [-0.2, -0.15) is 0 Å². The van der Waals surface area contributed by atoms with Crippen molar-refractivity contribution in [1.82, 2.24) is 19.4 Å². The summed E-state index contributed by atoms with van der Waals surface area (Å²) in [4.78, 5) is 25.0. The number of carbonyl (C=O) groups excluding carboxylic acids is 1. The van der Waals surface area contributed by atoms with Crippen molar-refractivity contribution in [3.05, 3.63) is 52.2 Å². The minimum absolute atomic E-state index is 0.0828. The lowest BCUT2D eigenvalue weighted by Crippen LogP contribution is -2.39. The Bertz CT molecular complexity index is 1380. The number of fused-ring (bicyclic) bond motifs is 3. The second kappa shape index (κ2) is 11.0. The number of pyridine rings is 2. The van der Waals surface area contributed by atoms with Gasteiger partial charge in [0.15, 0.2) is 0 Å². The normalized spacial score (nSPS) is 16.1. The molecule has 3 aromatic rings. The number of nitrogens with zero attached hydrogens (tertiary/aromatic N) is 4. The minimum atomic E-state index is -1.29. The fraction of sp³-hybridized carbons (Fsp3) is 0.552. The molecule has 0 radical (unpaired) electrons. The number of hydrogen-bond acceptors (Lipinski definition) is 6. The van der Waals surface area contributed by atoms with E-state index in [2.05, 4.69) is 29.6 Å². The molecule has 1 aliphatic heterocycles. The van der Waals surface area contributed by atoms with E-state index in [4.69, 9.17) is 15.2 Å². The van der Waals surface area contributed by atoms with E-state index in [-0.39, 0.29) is 36.7 Å². The molecule has 1 fully saturated rings. The van der Waals surface area contributed by atoms with E-state index in [0.717, 1.165) is 47.5 Å². The van der Waals surface area contributed by atoms with Crippen LogP contribution in [0.5, 0.6) is 0 Å². The summed E-state index contributed by atoms with van der Waals surface area (Å²) in [6, 6.07) is 4.25. The minimum Gasteiger partial charge on any atom is -0.383 e. The van der Waals surface area contributed by atoms with Gasteiger partial charge >= 0.3 is 0 Å². The number of rotatable bonds is 11. The van der Waals surface area contributed by atoms with Gasteiger partial charge in [0, 0.05) is 38.0 Å². The van der Waals surface area contributed by atoms with E-state index in [1.54, 1.807) is 23.2 Å². The maximum absolute atomic E-state index is 15.1. The van der Waals surface area contributed by atoms with E-state index < -0.39 is 8.07 Å². The van der Waals surface area contributed by atoms with Gasteiger partial charge in [-0.05, 0) is 55.8 Å². The summed E-state index contributed by atoms with van der Waals surface area (Å²) < 4.78 is 28.9. The molecule has 0 bridgehead atoms. The van der Waals surface area contributed by atoms with Gasteiger partial charge in [-0.15, -0.1) is 0 Å². The number of aromatic nitrogens is 3. The van der Waals surface area contributed by atoms with Crippen LogP contribution in [0.15, 0.2) is 18.3 Å². The average molecular weight is 554 g/mol. The number of anilines is 1. The molecule has 210 valence electrons. The topological polar surface area (TPSA) is 95.5 Å². The first-order valence-corrected chi connectivity index (χ1v) is 17.7. The zero-order chi connectivity index (χ0) is 27.9. The second-order valence-electron chi connectivity index (χ2n) is 12.1. The predicted octanol–water partition coefficient (Wildman–Crippen LogP) is 5.81. The molecule has 1 aliphatic carbocycles. The number of nitrogens with two attached hydrogens (primary N) is 1. The Morgan fingerprint density at radius 1 is 1.28 bits per heavy atom. The number of amides is 1. The van der Waals surface area contributed by atoms with Crippen molar-refractivity contribution in [2.24, 2.45) is 0 Å². The van der Waals surface area contributed by atoms with Crippen LogP contribution in [0.3, 0.4) is 0 Å². The monoisotopic (exact) mass is 553 g/mol. The highest BCUT2D eigenvalue weighted by atomic mass is 28.3. The molecule has 39 heavy (non-hydrogen) atoms. The van der Waals surface area contributed by atoms with E-state index in [9.17, 15) is 4.79 Å². The highest BCUT2D eigenvalue weighted by molar-refractivity contribution is 6.76. The van der Waals surface area contributed by atoms with Crippen LogP contribution >= 0.6 is 0 Å². The summed E-state index contributed by atoms with van der Waals surface area (Å²) in [5.41, 5.74) is 11.2. The van der Waals surface area contributed by atoms with Gasteiger partial charge in [0.25, 0.3) is 5.91 Å². The molecule has 4 heterocycles. The lowest BCUT2D eigenvalue weighted by Gasteiger charge is -2.29. The third-order valence-corrected chi connectivity index (χ3v) is 9.60. The van der Waals surface area contributed by atoms with E-state index in [1.165, 1.54) is 0 Å². The first-order chi connectivity index (χ1) is 18.6. The third-order valence-electron chi connectivity index (χ3n) is 7.90. The Balaban J connectivity index is 1.51. The third kappa shape index (κ3) is 5.88. The number of ether oxygens (including phenoxy) is 2. The van der Waals surface area contributed by atoms with E-state index in [1.807, 2.05) is 18.4 Å². The van der Waals surface area contributed by atoms with Crippen LogP contribution in [0.4, 0.5) is 10.2 Å². The molecule has 10 heteroatoms. The fourth-order valence-electron chi connectivity index (χ4n) is 5.04. The van der Waals surface area contributed by atoms with Gasteiger partial charge in [-0.1, -0.05) is 26.6 Å². The van der Waals surface area contributed by atoms with Gasteiger partial charge < -0.3 is 24.7 Å². The molecule has 1 atom stereocenters. The van der Waals surface area contributed by atoms with Gasteiger partial charge in [-0.3, -0.25) is 9.78 Å². The van der Waals surface area contributed by atoms with Gasteiger partial charge in [0.05, 0.1) is 36.5 Å². The molecule has 1 saturated carbocycles. The van der Waals surface area contributed by atoms with E-state index in [0.29, 0.717) is 42.8 Å². The molecule has 0 spiro atoms. The first-order valence-electron chi connectivity index (χ1n) is 14.0. The molecule has 2 N–H and O–H groups in total. The number of carbonyl (C=O) groups is 1. The molecule has 2 aliphatic rings. The van der Waals surface area contributed by atoms with Crippen molar-refractivity contribution in [3.63, 3.8) is 0 Å². The predicted molar refractivity (Wildman–Crippen MR) is 153 cm³/mol. The second-order valence-corrected chi connectivity index (χ2v) is 17.8. The Hall–Kier alpha value is -2.82. The van der Waals surface area contributed by atoms with E-state index >= 15 is 4.39 Å². The summed E-state index contributed by atoms with van der Waals surface area (Å²) in [5, 5.41) is 0. The highest BCUT2D eigenvalue weighted by Crippen LogP contribution is 2.40. The zero-order valence-corrected chi connectivity index (χ0v) is 24.7. The summed E-state index contributed by atoms with van der Waals surface area (Å²) in [6.07, 6.45) is 4.63. The maximum Gasteiger partial charge on any atom is 0.271 e. The molecule has 5 rings (SSSR count). The SMILES string of the molecule is CC[C@@H](C)N(Cc1ncc(C2CC2)cc1F)C(=O)c1cc2nc(N)c3c(c2n1COCC[Si](C)(C)C)COC3. The molecule has 0 aromatic carbocycles. The molecular weight excluding hydrogens is 513 g/mol. The van der Waals surface area contributed by atoms with Crippen molar-refractivity contribution in [2.45, 2.75) is 97.2 Å². The summed E-state index contributed by atoms with van der Waals surface area (Å²) in [7, 11) is -1.29. The number of nitrogen functional groups attached to an aromatic ring is 1. The van der Waals surface area contributed by atoms with Gasteiger partial charge in [-0.25, -0.2) is 9.37 Å². The van der Waals surface area contributed by atoms with Crippen LogP contribution in [0.2, 0.25) is 25.7 Å². The molecule has 1 amide bonds. The maximum atomic E-state index is 15.1. The Kier molecular flexibility index (Phi) is 7.81. The average Bonchev–Trinajstić information content (AvgIpc) is 3.50. The first kappa shape index (κ1) is 27.7.